The van der Waals surface area contributed by atoms with E-state index in [4.69, 9.17) is 0 Å². The van der Waals surface area contributed by atoms with Gasteiger partial charge >= 0.3 is 0 Å². The molecule has 20 heavy (non-hydrogen) atoms. The van der Waals surface area contributed by atoms with Gasteiger partial charge in [-0.1, -0.05) is 15.9 Å². The molecule has 0 amide bonds. The van der Waals surface area contributed by atoms with Gasteiger partial charge in [0.2, 0.25) is 0 Å². The van der Waals surface area contributed by atoms with E-state index in [9.17, 15) is 4.79 Å². The van der Waals surface area contributed by atoms with Crippen LogP contribution < -0.4 is 5.56 Å². The summed E-state index contributed by atoms with van der Waals surface area (Å²) >= 11 is 3.42. The van der Waals surface area contributed by atoms with Gasteiger partial charge < -0.3 is 9.13 Å². The van der Waals surface area contributed by atoms with Crippen molar-refractivity contribution >= 4 is 26.7 Å². The molecule has 0 aliphatic carbocycles. The van der Waals surface area contributed by atoms with Crippen molar-refractivity contribution in [3.63, 3.8) is 0 Å². The standard InChI is InChI=1S/C15H14BrN3O/c1-10-8-18(2)14(17-10)9-19-6-5-11-7-12(16)3-4-13(11)15(19)20/h3-8H,9H2,1-2H3. The topological polar surface area (TPSA) is 39.8 Å². The minimum atomic E-state index is 0.00986. The van der Waals surface area contributed by atoms with E-state index in [0.717, 1.165) is 26.8 Å². The van der Waals surface area contributed by atoms with Gasteiger partial charge in [-0.25, -0.2) is 4.98 Å². The Kier molecular flexibility index (Phi) is 3.22. The normalized spacial score (nSPS) is 11.2. The predicted molar refractivity (Wildman–Crippen MR) is 83.0 cm³/mol. The molecule has 0 saturated heterocycles. The van der Waals surface area contributed by atoms with Crippen molar-refractivity contribution < 1.29 is 0 Å². The molecule has 0 N–H and O–H groups in total. The predicted octanol–water partition coefficient (Wildman–Crippen LogP) is 2.85. The second-order valence-electron chi connectivity index (χ2n) is 4.89. The summed E-state index contributed by atoms with van der Waals surface area (Å²) in [5.74, 6) is 0.876. The van der Waals surface area contributed by atoms with Gasteiger partial charge in [-0.15, -0.1) is 0 Å². The highest BCUT2D eigenvalue weighted by molar-refractivity contribution is 9.10. The Morgan fingerprint density at radius 3 is 2.80 bits per heavy atom. The van der Waals surface area contributed by atoms with Crippen LogP contribution in [0.4, 0.5) is 0 Å². The zero-order valence-electron chi connectivity index (χ0n) is 11.3. The number of benzene rings is 1. The Bertz CT molecular complexity index is 848. The van der Waals surface area contributed by atoms with E-state index in [2.05, 4.69) is 20.9 Å². The fraction of sp³-hybridized carbons (Fsp3) is 0.200. The number of aryl methyl sites for hydroxylation is 2. The van der Waals surface area contributed by atoms with Crippen molar-refractivity contribution in [2.75, 3.05) is 0 Å². The van der Waals surface area contributed by atoms with Crippen LogP contribution in [-0.4, -0.2) is 14.1 Å². The van der Waals surface area contributed by atoms with E-state index in [1.807, 2.05) is 55.2 Å². The van der Waals surface area contributed by atoms with Crippen LogP contribution in [0.25, 0.3) is 10.8 Å². The number of hydrogen-bond donors (Lipinski definition) is 0. The third-order valence-corrected chi connectivity index (χ3v) is 3.84. The first kappa shape index (κ1) is 13.1. The highest BCUT2D eigenvalue weighted by Crippen LogP contribution is 2.17. The van der Waals surface area contributed by atoms with Gasteiger partial charge in [0.1, 0.15) is 5.82 Å². The molecule has 0 aliphatic heterocycles. The summed E-state index contributed by atoms with van der Waals surface area (Å²) in [5.41, 5.74) is 0.968. The molecular formula is C15H14BrN3O. The molecule has 4 nitrogen and oxygen atoms in total. The molecule has 0 unspecified atom stereocenters. The second-order valence-corrected chi connectivity index (χ2v) is 5.81. The highest BCUT2D eigenvalue weighted by Gasteiger charge is 2.07. The summed E-state index contributed by atoms with van der Waals surface area (Å²) in [6.07, 6.45) is 3.78. The molecule has 1 aromatic carbocycles. The number of rotatable bonds is 2. The van der Waals surface area contributed by atoms with E-state index in [0.29, 0.717) is 6.54 Å². The third kappa shape index (κ3) is 2.29. The van der Waals surface area contributed by atoms with Crippen molar-refractivity contribution in [3.8, 4) is 0 Å². The maximum atomic E-state index is 12.5. The van der Waals surface area contributed by atoms with Gasteiger partial charge in [0.05, 0.1) is 12.2 Å². The van der Waals surface area contributed by atoms with Crippen LogP contribution in [0.5, 0.6) is 0 Å². The number of nitrogens with zero attached hydrogens (tertiary/aromatic N) is 3. The molecule has 0 bridgehead atoms. The van der Waals surface area contributed by atoms with Crippen LogP contribution in [0.15, 0.2) is 45.9 Å². The maximum Gasteiger partial charge on any atom is 0.258 e. The third-order valence-electron chi connectivity index (χ3n) is 3.34. The molecule has 3 aromatic rings. The van der Waals surface area contributed by atoms with Gasteiger partial charge in [0, 0.05) is 29.3 Å². The van der Waals surface area contributed by atoms with Crippen LogP contribution >= 0.6 is 15.9 Å². The Morgan fingerprint density at radius 1 is 1.30 bits per heavy atom. The Balaban J connectivity index is 2.09. The first-order valence-electron chi connectivity index (χ1n) is 6.32. The SMILES string of the molecule is Cc1cn(C)c(Cn2ccc3cc(Br)ccc3c2=O)n1. The first-order valence-corrected chi connectivity index (χ1v) is 7.11. The molecule has 0 atom stereocenters. The van der Waals surface area contributed by atoms with Crippen molar-refractivity contribution in [1.29, 1.82) is 0 Å². The number of halogens is 1. The molecule has 0 radical (unpaired) electrons. The minimum absolute atomic E-state index is 0.00986. The number of hydrogen-bond acceptors (Lipinski definition) is 2. The van der Waals surface area contributed by atoms with E-state index in [1.165, 1.54) is 0 Å². The van der Waals surface area contributed by atoms with Crippen LogP contribution in [-0.2, 0) is 13.6 Å². The van der Waals surface area contributed by atoms with E-state index in [1.54, 1.807) is 4.57 Å². The summed E-state index contributed by atoms with van der Waals surface area (Å²) in [7, 11) is 1.94. The molecule has 0 fully saturated rings. The zero-order chi connectivity index (χ0) is 14.3. The summed E-state index contributed by atoms with van der Waals surface area (Å²) in [6, 6.07) is 7.64. The van der Waals surface area contributed by atoms with Crippen LogP contribution in [0.3, 0.4) is 0 Å². The Hall–Kier alpha value is -1.88. The number of pyridine rings is 1. The molecule has 5 heteroatoms. The lowest BCUT2D eigenvalue weighted by Crippen LogP contribution is -2.21. The first-order chi connectivity index (χ1) is 9.54. The lowest BCUT2D eigenvalue weighted by Gasteiger charge is -2.07. The summed E-state index contributed by atoms with van der Waals surface area (Å²) in [6.45, 7) is 2.43. The highest BCUT2D eigenvalue weighted by atomic mass is 79.9. The van der Waals surface area contributed by atoms with Gasteiger partial charge in [-0.2, -0.15) is 0 Å². The number of aromatic nitrogens is 3. The van der Waals surface area contributed by atoms with E-state index >= 15 is 0 Å². The average Bonchev–Trinajstić information content (AvgIpc) is 2.71. The van der Waals surface area contributed by atoms with Gasteiger partial charge in [0.15, 0.2) is 0 Å². The van der Waals surface area contributed by atoms with Crippen LogP contribution in [0, 0.1) is 6.92 Å². The molecule has 0 aliphatic rings. The van der Waals surface area contributed by atoms with Crippen molar-refractivity contribution in [2.24, 2.45) is 7.05 Å². The summed E-state index contributed by atoms with van der Waals surface area (Å²) in [5, 5.41) is 1.67. The van der Waals surface area contributed by atoms with E-state index in [-0.39, 0.29) is 5.56 Å². The molecule has 0 spiro atoms. The summed E-state index contributed by atoms with van der Waals surface area (Å²) < 4.78 is 4.62. The quantitative estimate of drug-likeness (QED) is 0.724. The van der Waals surface area contributed by atoms with Crippen molar-refractivity contribution in [3.05, 3.63) is 63.0 Å². The molecule has 0 saturated carbocycles. The number of imidazole rings is 1. The largest absolute Gasteiger partial charge is 0.336 e. The second kappa shape index (κ2) is 4.90. The van der Waals surface area contributed by atoms with E-state index < -0.39 is 0 Å². The maximum absolute atomic E-state index is 12.5. The van der Waals surface area contributed by atoms with Gasteiger partial charge in [0.25, 0.3) is 5.56 Å². The molecule has 2 aromatic heterocycles. The lowest BCUT2D eigenvalue weighted by molar-refractivity contribution is 0.683. The van der Waals surface area contributed by atoms with Crippen LogP contribution in [0.2, 0.25) is 0 Å². The van der Waals surface area contributed by atoms with Crippen LogP contribution in [0.1, 0.15) is 11.5 Å². The van der Waals surface area contributed by atoms with Crippen molar-refractivity contribution in [1.82, 2.24) is 14.1 Å². The monoisotopic (exact) mass is 331 g/mol. The molecule has 102 valence electrons. The smallest absolute Gasteiger partial charge is 0.258 e. The van der Waals surface area contributed by atoms with Gasteiger partial charge in [-0.05, 0) is 36.6 Å². The molecule has 2 heterocycles. The average molecular weight is 332 g/mol. The van der Waals surface area contributed by atoms with Crippen molar-refractivity contribution in [2.45, 2.75) is 13.5 Å². The van der Waals surface area contributed by atoms with Gasteiger partial charge in [-0.3, -0.25) is 4.79 Å². The fourth-order valence-electron chi connectivity index (χ4n) is 2.35. The summed E-state index contributed by atoms with van der Waals surface area (Å²) in [4.78, 5) is 16.9. The zero-order valence-corrected chi connectivity index (χ0v) is 12.9. The fourth-order valence-corrected chi connectivity index (χ4v) is 2.73. The Morgan fingerprint density at radius 2 is 2.10 bits per heavy atom. The minimum Gasteiger partial charge on any atom is -0.336 e. The molecule has 3 rings (SSSR count). The lowest BCUT2D eigenvalue weighted by atomic mass is 10.2. The Labute approximate surface area is 124 Å². The number of fused-ring (bicyclic) bond motifs is 1. The molecular weight excluding hydrogens is 318 g/mol.